The van der Waals surface area contributed by atoms with Gasteiger partial charge in [0.25, 0.3) is 5.56 Å². The zero-order valence-electron chi connectivity index (χ0n) is 17.4. The molecule has 0 atom stereocenters. The molecule has 0 saturated carbocycles. The summed E-state index contributed by atoms with van der Waals surface area (Å²) in [7, 11) is 0. The molecule has 0 unspecified atom stereocenters. The molecule has 1 aromatic heterocycles. The molecule has 168 valence electrons. The van der Waals surface area contributed by atoms with Crippen LogP contribution in [-0.2, 0) is 0 Å². The van der Waals surface area contributed by atoms with Crippen LogP contribution >= 0.6 is 31.9 Å². The van der Waals surface area contributed by atoms with E-state index in [-0.39, 0.29) is 17.3 Å². The third-order valence-corrected chi connectivity index (χ3v) is 6.17. The van der Waals surface area contributed by atoms with Gasteiger partial charge < -0.3 is 20.7 Å². The van der Waals surface area contributed by atoms with E-state index in [1.165, 1.54) is 0 Å². The number of phenolic OH excluding ortho intramolecular Hbond substituents is 1. The number of halogens is 2. The Morgan fingerprint density at radius 2 is 1.47 bits per heavy atom. The van der Waals surface area contributed by atoms with Crippen molar-refractivity contribution in [1.29, 1.82) is 5.26 Å². The molecule has 4 aromatic rings. The maximum Gasteiger partial charge on any atom is 0.323 e. The van der Waals surface area contributed by atoms with Crippen LogP contribution in [0.5, 0.6) is 5.75 Å². The number of H-pyrrole nitrogens is 1. The van der Waals surface area contributed by atoms with E-state index in [1.54, 1.807) is 54.6 Å². The number of nitrogens with one attached hydrogen (secondary N) is 3. The standard InChI is InChI=1S/C25H16Br2N4O3/c26-20-10-15(11-21(27)23(20)32)18-12-22(31-24(33)19(18)13-28)14-6-8-17(9-7-14)30-25(34)29-16-4-2-1-3-5-16/h1-12,32H,(H,31,33)(H2,29,30,34). The van der Waals surface area contributed by atoms with Crippen LogP contribution in [0.25, 0.3) is 22.4 Å². The SMILES string of the molecule is N#Cc1c(-c2cc(Br)c(O)c(Br)c2)cc(-c2ccc(NC(=O)Nc3ccccc3)cc2)[nH]c1=O. The molecule has 0 aliphatic carbocycles. The molecule has 4 N–H and O–H groups in total. The highest BCUT2D eigenvalue weighted by Crippen LogP contribution is 2.38. The monoisotopic (exact) mass is 578 g/mol. The van der Waals surface area contributed by atoms with E-state index in [0.29, 0.717) is 42.7 Å². The molecule has 0 radical (unpaired) electrons. The number of carbonyl (C=O) groups is 1. The Morgan fingerprint density at radius 1 is 0.882 bits per heavy atom. The van der Waals surface area contributed by atoms with Crippen LogP contribution in [-0.4, -0.2) is 16.1 Å². The number of aromatic nitrogens is 1. The molecule has 1 heterocycles. The fourth-order valence-electron chi connectivity index (χ4n) is 3.32. The summed E-state index contributed by atoms with van der Waals surface area (Å²) in [5, 5.41) is 25.0. The summed E-state index contributed by atoms with van der Waals surface area (Å²) in [6.45, 7) is 0. The minimum atomic E-state index is -0.528. The van der Waals surface area contributed by atoms with Crippen molar-refractivity contribution in [1.82, 2.24) is 4.98 Å². The first-order chi connectivity index (χ1) is 16.4. The van der Waals surface area contributed by atoms with E-state index in [4.69, 9.17) is 0 Å². The number of aromatic hydroxyl groups is 1. The fraction of sp³-hybridized carbons (Fsp3) is 0. The van der Waals surface area contributed by atoms with Gasteiger partial charge in [-0.1, -0.05) is 30.3 Å². The number of phenols is 1. The zero-order chi connectivity index (χ0) is 24.2. The molecule has 4 rings (SSSR count). The second-order valence-corrected chi connectivity index (χ2v) is 8.93. The van der Waals surface area contributed by atoms with Crippen molar-refractivity contribution in [2.45, 2.75) is 0 Å². The van der Waals surface area contributed by atoms with Crippen molar-refractivity contribution in [2.75, 3.05) is 10.6 Å². The Balaban J connectivity index is 1.63. The van der Waals surface area contributed by atoms with Gasteiger partial charge in [-0.2, -0.15) is 5.26 Å². The quantitative estimate of drug-likeness (QED) is 0.222. The van der Waals surface area contributed by atoms with Crippen LogP contribution in [0.1, 0.15) is 5.56 Å². The van der Waals surface area contributed by atoms with Crippen molar-refractivity contribution < 1.29 is 9.90 Å². The Labute approximate surface area is 211 Å². The Kier molecular flexibility index (Phi) is 6.82. The number of nitriles is 1. The summed E-state index contributed by atoms with van der Waals surface area (Å²) >= 11 is 6.56. The van der Waals surface area contributed by atoms with Gasteiger partial charge in [0, 0.05) is 22.6 Å². The lowest BCUT2D eigenvalue weighted by atomic mass is 9.99. The molecule has 2 amide bonds. The van der Waals surface area contributed by atoms with Gasteiger partial charge in [0.2, 0.25) is 0 Å². The van der Waals surface area contributed by atoms with Gasteiger partial charge in [0.05, 0.1) is 8.95 Å². The fourth-order valence-corrected chi connectivity index (χ4v) is 4.51. The van der Waals surface area contributed by atoms with Crippen molar-refractivity contribution >= 4 is 49.3 Å². The second kappa shape index (κ2) is 9.95. The van der Waals surface area contributed by atoms with E-state index in [2.05, 4.69) is 47.5 Å². The lowest BCUT2D eigenvalue weighted by Crippen LogP contribution is -2.19. The van der Waals surface area contributed by atoms with Gasteiger partial charge in [-0.15, -0.1) is 0 Å². The van der Waals surface area contributed by atoms with Gasteiger partial charge in [0.1, 0.15) is 17.4 Å². The number of rotatable bonds is 4. The normalized spacial score (nSPS) is 10.4. The van der Waals surface area contributed by atoms with Crippen molar-refractivity contribution in [3.05, 3.63) is 97.7 Å². The first-order valence-corrected chi connectivity index (χ1v) is 11.5. The number of benzene rings is 3. The second-order valence-electron chi connectivity index (χ2n) is 7.22. The number of para-hydroxylation sites is 1. The Bertz CT molecular complexity index is 1450. The van der Waals surface area contributed by atoms with Crippen molar-refractivity contribution in [2.24, 2.45) is 0 Å². The van der Waals surface area contributed by atoms with Gasteiger partial charge in [-0.05, 0) is 85.5 Å². The van der Waals surface area contributed by atoms with Crippen LogP contribution < -0.4 is 16.2 Å². The van der Waals surface area contributed by atoms with E-state index in [9.17, 15) is 20.0 Å². The minimum absolute atomic E-state index is 0.0201. The van der Waals surface area contributed by atoms with Crippen LogP contribution in [0, 0.1) is 11.3 Å². The summed E-state index contributed by atoms with van der Waals surface area (Å²) < 4.78 is 0.846. The third kappa shape index (κ3) is 5.03. The summed E-state index contributed by atoms with van der Waals surface area (Å²) in [5.41, 5.74) is 2.87. The molecule has 0 bridgehead atoms. The van der Waals surface area contributed by atoms with Crippen LogP contribution in [0.2, 0.25) is 0 Å². The number of nitrogens with zero attached hydrogens (tertiary/aromatic N) is 1. The molecule has 34 heavy (non-hydrogen) atoms. The highest BCUT2D eigenvalue weighted by molar-refractivity contribution is 9.11. The summed E-state index contributed by atoms with van der Waals surface area (Å²) in [4.78, 5) is 27.6. The molecule has 0 saturated heterocycles. The predicted octanol–water partition coefficient (Wildman–Crippen LogP) is 6.46. The summed E-state index contributed by atoms with van der Waals surface area (Å²) in [6.07, 6.45) is 0. The van der Waals surface area contributed by atoms with Gasteiger partial charge in [-0.3, -0.25) is 4.79 Å². The largest absolute Gasteiger partial charge is 0.506 e. The molecule has 0 fully saturated rings. The van der Waals surface area contributed by atoms with Crippen molar-refractivity contribution in [3.63, 3.8) is 0 Å². The number of urea groups is 1. The number of aromatic amines is 1. The van der Waals surface area contributed by atoms with Crippen LogP contribution in [0.3, 0.4) is 0 Å². The highest BCUT2D eigenvalue weighted by Gasteiger charge is 2.15. The topological polar surface area (TPSA) is 118 Å². The third-order valence-electron chi connectivity index (χ3n) is 4.96. The predicted molar refractivity (Wildman–Crippen MR) is 139 cm³/mol. The molecule has 7 nitrogen and oxygen atoms in total. The summed E-state index contributed by atoms with van der Waals surface area (Å²) in [5.74, 6) is 0.0201. The van der Waals surface area contributed by atoms with Crippen LogP contribution in [0.15, 0.2) is 86.5 Å². The van der Waals surface area contributed by atoms with Gasteiger partial charge >= 0.3 is 6.03 Å². The van der Waals surface area contributed by atoms with E-state index in [0.717, 1.165) is 0 Å². The average Bonchev–Trinajstić information content (AvgIpc) is 2.82. The average molecular weight is 580 g/mol. The van der Waals surface area contributed by atoms with E-state index in [1.807, 2.05) is 24.3 Å². The molecular weight excluding hydrogens is 564 g/mol. The number of hydrogen-bond donors (Lipinski definition) is 4. The summed E-state index contributed by atoms with van der Waals surface area (Å²) in [6, 6.07) is 22.6. The molecule has 0 spiro atoms. The van der Waals surface area contributed by atoms with Gasteiger partial charge in [-0.25, -0.2) is 4.79 Å². The van der Waals surface area contributed by atoms with Crippen molar-refractivity contribution in [3.8, 4) is 34.2 Å². The maximum absolute atomic E-state index is 12.6. The minimum Gasteiger partial charge on any atom is -0.506 e. The Hall–Kier alpha value is -3.87. The number of carbonyl (C=O) groups excluding carboxylic acids is 1. The molecule has 0 aliphatic heterocycles. The number of pyridine rings is 1. The van der Waals surface area contributed by atoms with Crippen LogP contribution in [0.4, 0.5) is 16.2 Å². The van der Waals surface area contributed by atoms with E-state index >= 15 is 0 Å². The number of hydrogen-bond acceptors (Lipinski definition) is 4. The molecule has 3 aromatic carbocycles. The zero-order valence-corrected chi connectivity index (χ0v) is 20.6. The highest BCUT2D eigenvalue weighted by atomic mass is 79.9. The smallest absolute Gasteiger partial charge is 0.323 e. The lowest BCUT2D eigenvalue weighted by molar-refractivity contribution is 0.262. The molecule has 9 heteroatoms. The first-order valence-electron chi connectivity index (χ1n) is 9.95. The molecule has 0 aliphatic rings. The number of amides is 2. The van der Waals surface area contributed by atoms with Gasteiger partial charge in [0.15, 0.2) is 0 Å². The van der Waals surface area contributed by atoms with E-state index < -0.39 is 5.56 Å². The Morgan fingerprint density at radius 3 is 2.06 bits per heavy atom. The first kappa shape index (κ1) is 23.3. The molecular formula is C25H16Br2N4O3. The maximum atomic E-state index is 12.6. The lowest BCUT2D eigenvalue weighted by Gasteiger charge is -2.11. The number of anilines is 2.